The molecule has 112 valence electrons. The summed E-state index contributed by atoms with van der Waals surface area (Å²) in [5.74, 6) is 0.741. The van der Waals surface area contributed by atoms with Crippen LogP contribution in [0.3, 0.4) is 0 Å². The molecule has 21 heavy (non-hydrogen) atoms. The van der Waals surface area contributed by atoms with E-state index < -0.39 is 10.0 Å². The van der Waals surface area contributed by atoms with E-state index in [-0.39, 0.29) is 6.04 Å². The number of benzene rings is 1. The Hall–Kier alpha value is -1.41. The number of nitrogens with one attached hydrogen (secondary N) is 1. The zero-order valence-corrected chi connectivity index (χ0v) is 12.9. The summed E-state index contributed by atoms with van der Waals surface area (Å²) in [5, 5.41) is 1.77. The Balaban J connectivity index is 1.86. The van der Waals surface area contributed by atoms with E-state index in [2.05, 4.69) is 4.72 Å². The first-order chi connectivity index (χ1) is 10.1. The van der Waals surface area contributed by atoms with E-state index >= 15 is 0 Å². The highest BCUT2D eigenvalue weighted by Gasteiger charge is 2.27. The molecular weight excluding hydrogens is 308 g/mol. The smallest absolute Gasteiger partial charge is 0.250 e. The minimum atomic E-state index is -3.53. The predicted molar refractivity (Wildman–Crippen MR) is 81.8 cm³/mol. The Morgan fingerprint density at radius 2 is 2.19 bits per heavy atom. The summed E-state index contributed by atoms with van der Waals surface area (Å²) in [6.45, 7) is 0.842. The second-order valence-corrected chi connectivity index (χ2v) is 7.68. The maximum Gasteiger partial charge on any atom is 0.250 e. The minimum Gasteiger partial charge on any atom is -0.493 e. The normalized spacial score (nSPS) is 18.0. The van der Waals surface area contributed by atoms with Crippen LogP contribution in [-0.4, -0.2) is 15.0 Å². The molecule has 1 aromatic heterocycles. The Morgan fingerprint density at radius 3 is 2.95 bits per heavy atom. The molecule has 1 unspecified atom stereocenters. The van der Waals surface area contributed by atoms with Gasteiger partial charge >= 0.3 is 0 Å². The Kier molecular flexibility index (Phi) is 3.99. The second-order valence-electron chi connectivity index (χ2n) is 4.83. The van der Waals surface area contributed by atoms with E-state index in [1.165, 1.54) is 11.3 Å². The second kappa shape index (κ2) is 5.76. The van der Waals surface area contributed by atoms with Gasteiger partial charge in [0.2, 0.25) is 0 Å². The van der Waals surface area contributed by atoms with Gasteiger partial charge in [0.15, 0.2) is 0 Å². The van der Waals surface area contributed by atoms with Crippen molar-refractivity contribution in [3.8, 4) is 5.75 Å². The number of fused-ring (bicyclic) bond motifs is 1. The third kappa shape index (κ3) is 2.96. The lowest BCUT2D eigenvalue weighted by Gasteiger charge is -2.26. The number of hydrogen-bond donors (Lipinski definition) is 2. The quantitative estimate of drug-likeness (QED) is 0.901. The standard InChI is InChI=1S/C14H16N2O3S2/c15-8-10-7-14(20-9-10)21(17,18)16-12-5-6-19-13-4-2-1-3-11(12)13/h1-4,7,9,12,16H,5-6,8,15H2. The molecule has 7 heteroatoms. The van der Waals surface area contributed by atoms with Crippen LogP contribution in [0.4, 0.5) is 0 Å². The first-order valence-corrected chi connectivity index (χ1v) is 8.98. The van der Waals surface area contributed by atoms with Crippen LogP contribution < -0.4 is 15.2 Å². The molecule has 0 amide bonds. The third-order valence-electron chi connectivity index (χ3n) is 3.39. The van der Waals surface area contributed by atoms with Crippen molar-refractivity contribution in [2.24, 2.45) is 5.73 Å². The molecule has 1 atom stereocenters. The summed E-state index contributed by atoms with van der Waals surface area (Å²) in [5.41, 5.74) is 7.23. The highest BCUT2D eigenvalue weighted by molar-refractivity contribution is 7.91. The molecule has 0 spiro atoms. The van der Waals surface area contributed by atoms with Crippen molar-refractivity contribution >= 4 is 21.4 Å². The van der Waals surface area contributed by atoms with Gasteiger partial charge in [-0.25, -0.2) is 13.1 Å². The number of sulfonamides is 1. The molecule has 0 aliphatic carbocycles. The van der Waals surface area contributed by atoms with Crippen molar-refractivity contribution in [2.45, 2.75) is 23.2 Å². The highest BCUT2D eigenvalue weighted by Crippen LogP contribution is 2.33. The monoisotopic (exact) mass is 324 g/mol. The molecule has 1 aliphatic rings. The molecule has 3 N–H and O–H groups in total. The molecule has 1 aliphatic heterocycles. The summed E-state index contributed by atoms with van der Waals surface area (Å²) >= 11 is 1.19. The highest BCUT2D eigenvalue weighted by atomic mass is 32.2. The SMILES string of the molecule is NCc1csc(S(=O)(=O)NC2CCOc3ccccc32)c1. The molecule has 2 aromatic rings. The van der Waals surface area contributed by atoms with Gasteiger partial charge in [-0.15, -0.1) is 11.3 Å². The lowest BCUT2D eigenvalue weighted by molar-refractivity contribution is 0.263. The van der Waals surface area contributed by atoms with Gasteiger partial charge in [0.25, 0.3) is 10.0 Å². The van der Waals surface area contributed by atoms with E-state index in [9.17, 15) is 8.42 Å². The van der Waals surface area contributed by atoms with Crippen LogP contribution >= 0.6 is 11.3 Å². The van der Waals surface area contributed by atoms with E-state index in [1.807, 2.05) is 24.3 Å². The lowest BCUT2D eigenvalue weighted by atomic mass is 10.0. The molecule has 2 heterocycles. The van der Waals surface area contributed by atoms with Crippen LogP contribution in [0, 0.1) is 0 Å². The molecule has 0 radical (unpaired) electrons. The average Bonchev–Trinajstić information content (AvgIpc) is 2.97. The van der Waals surface area contributed by atoms with Crippen molar-refractivity contribution in [1.29, 1.82) is 0 Å². The zero-order chi connectivity index (χ0) is 14.9. The number of thiophene rings is 1. The van der Waals surface area contributed by atoms with Crippen molar-refractivity contribution in [2.75, 3.05) is 6.61 Å². The molecule has 0 bridgehead atoms. The predicted octanol–water partition coefficient (Wildman–Crippen LogP) is 2.01. The fraction of sp³-hybridized carbons (Fsp3) is 0.286. The van der Waals surface area contributed by atoms with Crippen LogP contribution in [0.1, 0.15) is 23.6 Å². The maximum absolute atomic E-state index is 12.5. The van der Waals surface area contributed by atoms with Crippen LogP contribution in [0.25, 0.3) is 0 Å². The Labute approximate surface area is 127 Å². The molecule has 1 aromatic carbocycles. The summed E-state index contributed by atoms with van der Waals surface area (Å²) in [7, 11) is -3.53. The van der Waals surface area contributed by atoms with Crippen molar-refractivity contribution < 1.29 is 13.2 Å². The van der Waals surface area contributed by atoms with Gasteiger partial charge in [0.1, 0.15) is 9.96 Å². The molecule has 0 fully saturated rings. The minimum absolute atomic E-state index is 0.261. The van der Waals surface area contributed by atoms with E-state index in [0.717, 1.165) is 16.9 Å². The van der Waals surface area contributed by atoms with Gasteiger partial charge < -0.3 is 10.5 Å². The Morgan fingerprint density at radius 1 is 1.38 bits per heavy atom. The van der Waals surface area contributed by atoms with E-state index in [0.29, 0.717) is 23.8 Å². The number of ether oxygens (including phenoxy) is 1. The lowest BCUT2D eigenvalue weighted by Crippen LogP contribution is -2.31. The van der Waals surface area contributed by atoms with Crippen LogP contribution in [0.5, 0.6) is 5.75 Å². The molecule has 0 saturated carbocycles. The summed E-state index contributed by atoms with van der Waals surface area (Å²) < 4.78 is 33.5. The van der Waals surface area contributed by atoms with Crippen LogP contribution in [-0.2, 0) is 16.6 Å². The first kappa shape index (κ1) is 14.5. The molecule has 0 saturated heterocycles. The van der Waals surface area contributed by atoms with Gasteiger partial charge in [-0.3, -0.25) is 0 Å². The molecule has 3 rings (SSSR count). The maximum atomic E-state index is 12.5. The van der Waals surface area contributed by atoms with Crippen molar-refractivity contribution in [3.63, 3.8) is 0 Å². The third-order valence-corrected chi connectivity index (χ3v) is 6.35. The van der Waals surface area contributed by atoms with Crippen molar-refractivity contribution in [1.82, 2.24) is 4.72 Å². The number of rotatable bonds is 4. The number of hydrogen-bond acceptors (Lipinski definition) is 5. The largest absolute Gasteiger partial charge is 0.493 e. The van der Waals surface area contributed by atoms with Gasteiger partial charge in [0, 0.05) is 18.5 Å². The summed E-state index contributed by atoms with van der Waals surface area (Å²) in [4.78, 5) is 0. The van der Waals surface area contributed by atoms with E-state index in [4.69, 9.17) is 10.5 Å². The van der Waals surface area contributed by atoms with Gasteiger partial charge in [-0.05, 0) is 23.1 Å². The summed E-state index contributed by atoms with van der Waals surface area (Å²) in [6.07, 6.45) is 0.616. The number of para-hydroxylation sites is 1. The first-order valence-electron chi connectivity index (χ1n) is 6.61. The van der Waals surface area contributed by atoms with Gasteiger partial charge in [0.05, 0.1) is 12.6 Å². The van der Waals surface area contributed by atoms with Crippen LogP contribution in [0.15, 0.2) is 39.9 Å². The average molecular weight is 324 g/mol. The zero-order valence-electron chi connectivity index (χ0n) is 11.3. The van der Waals surface area contributed by atoms with Crippen molar-refractivity contribution in [3.05, 3.63) is 46.8 Å². The van der Waals surface area contributed by atoms with Gasteiger partial charge in [-0.1, -0.05) is 18.2 Å². The molecular formula is C14H16N2O3S2. The van der Waals surface area contributed by atoms with Crippen LogP contribution in [0.2, 0.25) is 0 Å². The molecule has 5 nitrogen and oxygen atoms in total. The van der Waals surface area contributed by atoms with E-state index in [1.54, 1.807) is 11.4 Å². The fourth-order valence-electron chi connectivity index (χ4n) is 2.31. The topological polar surface area (TPSA) is 81.4 Å². The fourth-order valence-corrected chi connectivity index (χ4v) is 4.80. The summed E-state index contributed by atoms with van der Waals surface area (Å²) in [6, 6.07) is 8.87. The number of nitrogens with two attached hydrogens (primary N) is 1. The Bertz CT molecular complexity index is 740. The van der Waals surface area contributed by atoms with Gasteiger partial charge in [-0.2, -0.15) is 0 Å².